The summed E-state index contributed by atoms with van der Waals surface area (Å²) in [6.45, 7) is 9.38. The predicted molar refractivity (Wildman–Crippen MR) is 477 cm³/mol. The third-order valence-corrected chi connectivity index (χ3v) is 24.9. The fourth-order valence-electron chi connectivity index (χ4n) is 16.3. The van der Waals surface area contributed by atoms with E-state index >= 15 is 22.0 Å². The zero-order valence-electron chi connectivity index (χ0n) is 75.3. The number of imidazole rings is 3. The molecule has 3 fully saturated rings. The molecule has 3 N–H and O–H groups in total. The Hall–Kier alpha value is -13.7. The molecule has 732 valence electrons. The molecular formula is C92H88Cl2F14N16O14. The summed E-state index contributed by atoms with van der Waals surface area (Å²) >= 11 is 12.7. The number of halogens is 16. The van der Waals surface area contributed by atoms with Crippen molar-refractivity contribution in [3.8, 4) is 33.5 Å². The molecule has 3 aliphatic rings. The van der Waals surface area contributed by atoms with Gasteiger partial charge in [0, 0.05) is 165 Å². The second-order valence-electron chi connectivity index (χ2n) is 32.4. The van der Waals surface area contributed by atoms with E-state index in [0.717, 1.165) is 35.0 Å². The molecule has 0 aliphatic carbocycles. The van der Waals surface area contributed by atoms with Crippen LogP contribution in [0.2, 0.25) is 10.0 Å². The van der Waals surface area contributed by atoms with Crippen molar-refractivity contribution in [3.63, 3.8) is 0 Å². The van der Waals surface area contributed by atoms with Crippen LogP contribution in [0.4, 0.5) is 78.5 Å². The van der Waals surface area contributed by atoms with Gasteiger partial charge in [0.15, 0.2) is 0 Å². The molecule has 138 heavy (non-hydrogen) atoms. The lowest BCUT2D eigenvalue weighted by Crippen LogP contribution is -2.53. The monoisotopic (exact) mass is 1980 g/mol. The number of carbonyl (C=O) groups is 5. The van der Waals surface area contributed by atoms with Crippen LogP contribution in [0, 0.1) is 63.7 Å². The highest BCUT2D eigenvalue weighted by molar-refractivity contribution is 6.32. The Balaban J connectivity index is 0.000000175. The summed E-state index contributed by atoms with van der Waals surface area (Å²) in [5.74, 6) is -11.7. The molecule has 0 bridgehead atoms. The highest BCUT2D eigenvalue weighted by Gasteiger charge is 2.49. The van der Waals surface area contributed by atoms with Crippen LogP contribution in [-0.4, -0.2) is 212 Å². The Bertz CT molecular complexity index is 6240. The van der Waals surface area contributed by atoms with Gasteiger partial charge in [-0.3, -0.25) is 28.8 Å². The number of hydrogen-bond acceptors (Lipinski definition) is 21. The third kappa shape index (κ3) is 21.1. The van der Waals surface area contributed by atoms with Crippen molar-refractivity contribution >= 4 is 86.9 Å². The fraction of sp³-hybridized carbons (Fsp3) is 0.348. The molecule has 12 aromatic rings. The molecule has 3 amide bonds. The number of alkyl halides is 9. The zero-order valence-corrected chi connectivity index (χ0v) is 76.8. The molecule has 0 saturated carbocycles. The van der Waals surface area contributed by atoms with Crippen LogP contribution in [0.3, 0.4) is 0 Å². The van der Waals surface area contributed by atoms with Gasteiger partial charge < -0.3 is 86.0 Å². The van der Waals surface area contributed by atoms with E-state index in [1.54, 1.807) is 123 Å². The van der Waals surface area contributed by atoms with E-state index in [1.165, 1.54) is 58.5 Å². The van der Waals surface area contributed by atoms with E-state index < -0.39 is 156 Å². The van der Waals surface area contributed by atoms with E-state index in [4.69, 9.17) is 51.6 Å². The minimum atomic E-state index is -4.74. The topological polar surface area (TPSA) is 317 Å². The number of morpholine rings is 3. The average Bonchev–Trinajstić information content (AvgIpc) is 1.56. The lowest BCUT2D eigenvalue weighted by atomic mass is 10.0. The number of methoxy groups -OCH3 is 3. The molecule has 46 heteroatoms. The molecular weight excluding hydrogens is 1890 g/mol. The number of pyridine rings is 5. The largest absolute Gasteiger partial charge is 0.500 e. The SMILES string of the molecule is C=C(OC)[C@H](Cc1ccc(-c2cc(Cl)c(C)n(C)c2=O)c2nccn12)NC(=O)c1c(F)cc(N2CCOC[C@@H]2C(F)(F)F)cc1F.COC(=O)[C@H](Cc1ccc(-c2cc(Cl)c(C)n(C)c2=O)c2nccn12)NC(=O)c1c(F)cc(N2CCOC[C@@H]2C(F)(F)F)cc1F.COC(=O)[C@H](Cc1ccc(-c2nc(C)c(C)n(C)c2=O)c2nccn12)NC(=O)c1c(C)cc(N2CCOC[C@@H]2C(F)(F)F)cc1F. The molecule has 3 aliphatic heterocycles. The second kappa shape index (κ2) is 41.3. The Morgan fingerprint density at radius 2 is 0.761 bits per heavy atom. The van der Waals surface area contributed by atoms with Crippen molar-refractivity contribution in [3.05, 3.63) is 267 Å². The summed E-state index contributed by atoms with van der Waals surface area (Å²) < 4.78 is 237. The van der Waals surface area contributed by atoms with Gasteiger partial charge in [-0.25, -0.2) is 51.5 Å². The van der Waals surface area contributed by atoms with Crippen molar-refractivity contribution in [2.24, 2.45) is 21.1 Å². The second-order valence-corrected chi connectivity index (χ2v) is 33.2. The maximum atomic E-state index is 15.4. The van der Waals surface area contributed by atoms with Crippen molar-refractivity contribution in [1.82, 2.24) is 62.8 Å². The minimum Gasteiger partial charge on any atom is -0.500 e. The number of esters is 2. The van der Waals surface area contributed by atoms with Crippen molar-refractivity contribution in [1.29, 1.82) is 0 Å². The Kier molecular flexibility index (Phi) is 30.4. The molecule has 30 nitrogen and oxygen atoms in total. The average molecular weight is 1980 g/mol. The molecule has 0 unspecified atom stereocenters. The smallest absolute Gasteiger partial charge is 0.411 e. The Labute approximate surface area is 785 Å². The van der Waals surface area contributed by atoms with E-state index in [1.807, 2.05) is 0 Å². The number of anilines is 3. The summed E-state index contributed by atoms with van der Waals surface area (Å²) in [6, 6.07) is 7.78. The number of amides is 3. The first-order chi connectivity index (χ1) is 65.2. The van der Waals surface area contributed by atoms with Crippen molar-refractivity contribution in [2.75, 3.05) is 95.3 Å². The molecule has 9 aromatic heterocycles. The van der Waals surface area contributed by atoms with E-state index in [9.17, 15) is 77.9 Å². The van der Waals surface area contributed by atoms with Crippen LogP contribution in [0.25, 0.3) is 50.5 Å². The van der Waals surface area contributed by atoms with Gasteiger partial charge in [-0.1, -0.05) is 29.8 Å². The molecule has 3 aromatic carbocycles. The number of nitrogens with zero attached hydrogens (tertiary/aromatic N) is 13. The normalized spacial score (nSPS) is 16.0. The van der Waals surface area contributed by atoms with Crippen LogP contribution in [0.15, 0.2) is 149 Å². The van der Waals surface area contributed by atoms with E-state index in [0.29, 0.717) is 113 Å². The Morgan fingerprint density at radius 3 is 1.11 bits per heavy atom. The number of aromatic nitrogens is 10. The number of rotatable bonds is 22. The number of aryl methyl sites for hydroxylation is 2. The zero-order chi connectivity index (χ0) is 100. The van der Waals surface area contributed by atoms with Gasteiger partial charge in [0.05, 0.1) is 99.4 Å². The highest BCUT2D eigenvalue weighted by atomic mass is 35.5. The lowest BCUT2D eigenvalue weighted by molar-refractivity contribution is -0.167. The van der Waals surface area contributed by atoms with Crippen molar-refractivity contribution < 1.29 is 114 Å². The number of fused-ring (bicyclic) bond motifs is 3. The summed E-state index contributed by atoms with van der Waals surface area (Å²) in [4.78, 5) is 125. The van der Waals surface area contributed by atoms with Gasteiger partial charge in [-0.2, -0.15) is 39.5 Å². The van der Waals surface area contributed by atoms with Crippen LogP contribution < -0.4 is 47.3 Å². The maximum Gasteiger partial charge on any atom is 0.411 e. The molecule has 6 atom stereocenters. The highest BCUT2D eigenvalue weighted by Crippen LogP contribution is 2.39. The van der Waals surface area contributed by atoms with Gasteiger partial charge in [-0.15, -0.1) is 0 Å². The maximum absolute atomic E-state index is 15.4. The van der Waals surface area contributed by atoms with Crippen LogP contribution >= 0.6 is 23.2 Å². The summed E-state index contributed by atoms with van der Waals surface area (Å²) in [5.41, 5.74) is 3.16. The summed E-state index contributed by atoms with van der Waals surface area (Å²) in [6.07, 6.45) is -5.08. The molecule has 12 heterocycles. The number of carbonyl (C=O) groups excluding carboxylic acids is 5. The van der Waals surface area contributed by atoms with Gasteiger partial charge in [-0.05, 0) is 125 Å². The first kappa shape index (κ1) is 102. The molecule has 3 saturated heterocycles. The first-order valence-corrected chi connectivity index (χ1v) is 42.9. The Morgan fingerprint density at radius 1 is 0.442 bits per heavy atom. The van der Waals surface area contributed by atoms with E-state index in [-0.39, 0.29) is 109 Å². The van der Waals surface area contributed by atoms with E-state index in [2.05, 4.69) is 42.5 Å². The third-order valence-electron chi connectivity index (χ3n) is 24.2. The van der Waals surface area contributed by atoms with Gasteiger partial charge in [0.2, 0.25) is 0 Å². The van der Waals surface area contributed by atoms with Gasteiger partial charge in [0.25, 0.3) is 34.4 Å². The van der Waals surface area contributed by atoms with Gasteiger partial charge in [0.1, 0.15) is 98.8 Å². The number of hydrogen-bond donors (Lipinski definition) is 3. The first-order valence-electron chi connectivity index (χ1n) is 42.1. The number of benzene rings is 3. The number of ether oxygens (including phenoxy) is 6. The van der Waals surface area contributed by atoms with Crippen LogP contribution in [0.5, 0.6) is 0 Å². The van der Waals surface area contributed by atoms with Gasteiger partial charge >= 0.3 is 30.5 Å². The number of nitrogens with one attached hydrogen (secondary N) is 3. The quantitative estimate of drug-likeness (QED) is 0.0322. The molecule has 15 rings (SSSR count). The van der Waals surface area contributed by atoms with Crippen molar-refractivity contribution in [2.45, 2.75) is 109 Å². The minimum absolute atomic E-state index is 0.0145. The van der Waals surface area contributed by atoms with Crippen LogP contribution in [0.1, 0.15) is 76.5 Å². The summed E-state index contributed by atoms with van der Waals surface area (Å²) in [7, 11) is 8.34. The van der Waals surface area contributed by atoms with Crippen LogP contribution in [-0.2, 0) is 78.4 Å². The summed E-state index contributed by atoms with van der Waals surface area (Å²) in [5, 5.41) is 8.05. The molecule has 0 radical (unpaired) electrons. The standard InChI is InChI=1S/C31H29ClF5N5O4.C31H32F4N6O5.C30H27ClF5N5O5/c1-16-22(32)14-21(30(44)40(16)3)20-6-5-18(42-8-7-38-28(20)42)13-25(17(2)45-4)39-29(43)27-23(33)11-19(12-24(27)34)41-9-10-46-15-26(41)31(35,36)37;1-16-12-20(40-10-11-46-15-24(40)31(33,34)35)13-22(32)25(16)28(42)38-23(30(44)45-5)14-19-6-7-21(27-36-8-9-41(19)27)26-29(43)39(4)18(3)17(2)37-26;1-15-20(31)13-19(28(43)39(15)2)18-5-4-16(41-7-6-37-26(18)41)12-23(29(44)45-3)38-27(42)25-21(32)10-17(11-22(25)33)40-8-9-46-14-24(40)30(34,35)36/h5-8,11-12,14,25-26H,2,9-10,13,15H2,1,3-4H3,(H,39,43);6-9,12-13,23-24H,10-11,14-15H2,1-5H3,(H,38,42);4-7,10-11,13,23-24H,8-9,12,14H2,1-3H3,(H,38,42)/t25-,26+;2*23-,24+/m000/s1. The lowest BCUT2D eigenvalue weighted by Gasteiger charge is -2.38. The molecule has 0 spiro atoms. The predicted octanol–water partition coefficient (Wildman–Crippen LogP) is 12.9. The fourth-order valence-corrected chi connectivity index (χ4v) is 16.8.